The first-order valence-corrected chi connectivity index (χ1v) is 16.4. The van der Waals surface area contributed by atoms with Gasteiger partial charge >= 0.3 is 0 Å². The monoisotopic (exact) mass is 576 g/mol. The molecule has 4 aliphatic heterocycles. The van der Waals surface area contributed by atoms with E-state index >= 15 is 0 Å². The van der Waals surface area contributed by atoms with Crippen LogP contribution in [0.2, 0.25) is 0 Å². The summed E-state index contributed by atoms with van der Waals surface area (Å²) in [5, 5.41) is 6.34. The molecule has 1 aromatic carbocycles. The van der Waals surface area contributed by atoms with E-state index in [1.165, 1.54) is 24.8 Å². The van der Waals surface area contributed by atoms with Gasteiger partial charge < -0.3 is 25.2 Å². The predicted molar refractivity (Wildman–Crippen MR) is 163 cm³/mol. The number of carbonyl (C=O) groups excluding carboxylic acids is 3. The van der Waals surface area contributed by atoms with Gasteiger partial charge in [-0.3, -0.25) is 14.4 Å². The van der Waals surface area contributed by atoms with E-state index in [-0.39, 0.29) is 23.8 Å². The quantitative estimate of drug-likeness (QED) is 0.424. The Balaban J connectivity index is 1.21. The van der Waals surface area contributed by atoms with Crippen molar-refractivity contribution in [1.82, 2.24) is 15.1 Å². The number of nitrogens with one attached hydrogen (secondary N) is 2. The van der Waals surface area contributed by atoms with Gasteiger partial charge in [0.15, 0.2) is 0 Å². The van der Waals surface area contributed by atoms with Gasteiger partial charge in [-0.05, 0) is 81.3 Å². The summed E-state index contributed by atoms with van der Waals surface area (Å²) in [5.41, 5.74) is 0.797. The third-order valence-electron chi connectivity index (χ3n) is 10.5. The number of nitrogens with zero attached hydrogens (tertiary/aromatic N) is 2. The highest BCUT2D eigenvalue weighted by Crippen LogP contribution is 2.55. The standard InChI is InChI=1S/C34H48N4O4/c1-22(2)24-10-12-26(13-11-24)35-31(39)28-27-14-17-34(42-27)29(28)33(41)38(19-7-18-37-20-15-23(3)16-21-37)30(34)32(40)36-25-8-5-4-6-9-25/h10-14,17,22-23,25,27-30H,4-9,15-16,18-21H2,1-3H3,(H,35,39)(H,36,40)/t27-,28-,29-,30-,34-/m0/s1. The molecular weight excluding hydrogens is 528 g/mol. The maximum Gasteiger partial charge on any atom is 0.246 e. The van der Waals surface area contributed by atoms with E-state index in [4.69, 9.17) is 4.74 Å². The van der Waals surface area contributed by atoms with Crippen LogP contribution in [-0.4, -0.2) is 77.5 Å². The number of rotatable bonds is 9. The van der Waals surface area contributed by atoms with Crippen molar-refractivity contribution in [2.75, 3.05) is 31.5 Å². The molecule has 42 heavy (non-hydrogen) atoms. The number of benzene rings is 1. The number of fused-ring (bicyclic) bond motifs is 1. The van der Waals surface area contributed by atoms with Crippen molar-refractivity contribution in [3.05, 3.63) is 42.0 Å². The number of anilines is 1. The largest absolute Gasteiger partial charge is 0.359 e. The Morgan fingerprint density at radius 3 is 2.40 bits per heavy atom. The molecule has 1 spiro atoms. The van der Waals surface area contributed by atoms with Crippen molar-refractivity contribution >= 4 is 23.4 Å². The molecule has 3 saturated heterocycles. The van der Waals surface area contributed by atoms with Gasteiger partial charge in [0.2, 0.25) is 17.7 Å². The van der Waals surface area contributed by atoms with Crippen LogP contribution in [0, 0.1) is 17.8 Å². The molecule has 8 heteroatoms. The van der Waals surface area contributed by atoms with Crippen LogP contribution >= 0.6 is 0 Å². The van der Waals surface area contributed by atoms with Crippen LogP contribution in [0.1, 0.15) is 83.6 Å². The summed E-state index contributed by atoms with van der Waals surface area (Å²) < 4.78 is 6.53. The first-order valence-electron chi connectivity index (χ1n) is 16.4. The van der Waals surface area contributed by atoms with Crippen LogP contribution in [0.25, 0.3) is 0 Å². The lowest BCUT2D eigenvalue weighted by molar-refractivity contribution is -0.141. The van der Waals surface area contributed by atoms with E-state index in [0.717, 1.165) is 57.7 Å². The van der Waals surface area contributed by atoms with Crippen LogP contribution in [0.15, 0.2) is 36.4 Å². The summed E-state index contributed by atoms with van der Waals surface area (Å²) >= 11 is 0. The second-order valence-electron chi connectivity index (χ2n) is 13.7. The molecule has 6 rings (SSSR count). The van der Waals surface area contributed by atoms with Crippen molar-refractivity contribution in [2.24, 2.45) is 17.8 Å². The van der Waals surface area contributed by atoms with E-state index in [0.29, 0.717) is 18.2 Å². The summed E-state index contributed by atoms with van der Waals surface area (Å²) in [4.78, 5) is 46.2. The van der Waals surface area contributed by atoms with E-state index in [1.54, 1.807) is 4.90 Å². The molecule has 1 saturated carbocycles. The molecule has 1 aliphatic carbocycles. The third-order valence-corrected chi connectivity index (χ3v) is 10.5. The fourth-order valence-electron chi connectivity index (χ4n) is 7.96. The van der Waals surface area contributed by atoms with E-state index < -0.39 is 29.6 Å². The van der Waals surface area contributed by atoms with Crippen molar-refractivity contribution in [3.63, 3.8) is 0 Å². The Morgan fingerprint density at radius 2 is 1.71 bits per heavy atom. The highest BCUT2D eigenvalue weighted by atomic mass is 16.5. The van der Waals surface area contributed by atoms with Crippen molar-refractivity contribution in [1.29, 1.82) is 0 Å². The van der Waals surface area contributed by atoms with Crippen LogP contribution in [0.3, 0.4) is 0 Å². The van der Waals surface area contributed by atoms with Gasteiger partial charge in [0.05, 0.1) is 17.9 Å². The fourth-order valence-corrected chi connectivity index (χ4v) is 7.96. The maximum atomic E-state index is 14.2. The van der Waals surface area contributed by atoms with Crippen molar-refractivity contribution in [2.45, 2.75) is 102 Å². The number of amides is 3. The highest BCUT2D eigenvalue weighted by molar-refractivity contribution is 6.02. The normalized spacial score (nSPS) is 31.6. The zero-order valence-electron chi connectivity index (χ0n) is 25.5. The van der Waals surface area contributed by atoms with E-state index in [2.05, 4.69) is 36.3 Å². The van der Waals surface area contributed by atoms with Crippen LogP contribution in [0.4, 0.5) is 5.69 Å². The molecule has 2 bridgehead atoms. The maximum absolute atomic E-state index is 14.2. The zero-order chi connectivity index (χ0) is 29.4. The molecule has 3 amide bonds. The summed E-state index contributed by atoms with van der Waals surface area (Å²) in [6.45, 7) is 10.1. The van der Waals surface area contributed by atoms with Gasteiger partial charge in [-0.25, -0.2) is 0 Å². The van der Waals surface area contributed by atoms with Gasteiger partial charge in [0.1, 0.15) is 11.6 Å². The molecule has 2 N–H and O–H groups in total. The molecule has 5 atom stereocenters. The van der Waals surface area contributed by atoms with Gasteiger partial charge in [0.25, 0.3) is 0 Å². The topological polar surface area (TPSA) is 91.0 Å². The molecule has 228 valence electrons. The number of ether oxygens (including phenoxy) is 1. The van der Waals surface area contributed by atoms with E-state index in [9.17, 15) is 14.4 Å². The van der Waals surface area contributed by atoms with Crippen LogP contribution in [0.5, 0.6) is 0 Å². The molecule has 8 nitrogen and oxygen atoms in total. The average Bonchev–Trinajstić information content (AvgIpc) is 3.62. The summed E-state index contributed by atoms with van der Waals surface area (Å²) in [6, 6.07) is 7.24. The minimum atomic E-state index is -1.11. The SMILES string of the molecule is CC1CCN(CCCN2C(=O)[C@@H]3[C@@H](C(=O)Nc4ccc(C(C)C)cc4)[C@@H]4C=C[C@@]3(O4)[C@@H]2C(=O)NC2CCCCC2)CC1. The number of piperidine rings is 1. The minimum Gasteiger partial charge on any atom is -0.359 e. The fraction of sp³-hybridized carbons (Fsp3) is 0.676. The zero-order valence-corrected chi connectivity index (χ0v) is 25.5. The van der Waals surface area contributed by atoms with Gasteiger partial charge in [0, 0.05) is 18.3 Å². The number of likely N-dealkylation sites (tertiary alicyclic amines) is 2. The lowest BCUT2D eigenvalue weighted by Gasteiger charge is -2.35. The molecule has 4 heterocycles. The summed E-state index contributed by atoms with van der Waals surface area (Å²) in [6.07, 6.45) is 11.9. The lowest BCUT2D eigenvalue weighted by atomic mass is 9.74. The predicted octanol–water partition coefficient (Wildman–Crippen LogP) is 4.47. The minimum absolute atomic E-state index is 0.129. The van der Waals surface area contributed by atoms with E-state index in [1.807, 2.05) is 36.4 Å². The van der Waals surface area contributed by atoms with Gasteiger partial charge in [-0.2, -0.15) is 0 Å². The average molecular weight is 577 g/mol. The van der Waals surface area contributed by atoms with Crippen LogP contribution in [-0.2, 0) is 19.1 Å². The Labute approximate surface area is 250 Å². The molecule has 4 fully saturated rings. The second-order valence-corrected chi connectivity index (χ2v) is 13.7. The van der Waals surface area contributed by atoms with Gasteiger partial charge in [-0.1, -0.05) is 64.3 Å². The van der Waals surface area contributed by atoms with Crippen LogP contribution < -0.4 is 10.6 Å². The molecule has 0 radical (unpaired) electrons. The number of hydrogen-bond acceptors (Lipinski definition) is 5. The third kappa shape index (κ3) is 5.52. The Hall–Kier alpha value is -2.71. The van der Waals surface area contributed by atoms with Crippen molar-refractivity contribution < 1.29 is 19.1 Å². The summed E-state index contributed by atoms with van der Waals surface area (Å²) in [7, 11) is 0. The number of hydrogen-bond donors (Lipinski definition) is 2. The lowest BCUT2D eigenvalue weighted by Crippen LogP contribution is -2.56. The molecule has 1 aromatic rings. The van der Waals surface area contributed by atoms with Crippen molar-refractivity contribution in [3.8, 4) is 0 Å². The Bertz CT molecular complexity index is 1180. The Morgan fingerprint density at radius 1 is 1.00 bits per heavy atom. The number of carbonyl (C=O) groups is 3. The molecular formula is C34H48N4O4. The second kappa shape index (κ2) is 12.1. The molecule has 0 aromatic heterocycles. The highest BCUT2D eigenvalue weighted by Gasteiger charge is 2.72. The van der Waals surface area contributed by atoms with Gasteiger partial charge in [-0.15, -0.1) is 0 Å². The first kappa shape index (κ1) is 29.4. The molecule has 5 aliphatic rings. The smallest absolute Gasteiger partial charge is 0.246 e. The Kier molecular flexibility index (Phi) is 8.47. The first-order chi connectivity index (χ1) is 20.3. The molecule has 0 unspecified atom stereocenters. The summed E-state index contributed by atoms with van der Waals surface area (Å²) in [5.74, 6) is -0.712.